The lowest BCUT2D eigenvalue weighted by Gasteiger charge is -2.20. The molecule has 1 amide bonds. The van der Waals surface area contributed by atoms with E-state index in [0.717, 1.165) is 23.3 Å². The lowest BCUT2D eigenvalue weighted by Crippen LogP contribution is -2.19. The van der Waals surface area contributed by atoms with Crippen molar-refractivity contribution in [3.63, 3.8) is 0 Å². The van der Waals surface area contributed by atoms with Gasteiger partial charge >= 0.3 is 5.97 Å². The number of carboxylic acid groups (broad SMARTS) is 1. The molecule has 110 valence electrons. The van der Waals surface area contributed by atoms with Crippen LogP contribution in [0, 0.1) is 19.8 Å². The van der Waals surface area contributed by atoms with Crippen molar-refractivity contribution in [2.45, 2.75) is 52.4 Å². The highest BCUT2D eigenvalue weighted by Gasteiger charge is 2.22. The summed E-state index contributed by atoms with van der Waals surface area (Å²) in [5, 5.41) is 12.5. The van der Waals surface area contributed by atoms with Crippen molar-refractivity contribution in [1.29, 1.82) is 0 Å². The van der Waals surface area contributed by atoms with Crippen molar-refractivity contribution in [3.05, 3.63) is 16.0 Å². The predicted octanol–water partition coefficient (Wildman–Crippen LogP) is 3.97. The zero-order valence-electron chi connectivity index (χ0n) is 12.0. The first-order valence-corrected chi connectivity index (χ1v) is 7.93. The van der Waals surface area contributed by atoms with E-state index in [1.165, 1.54) is 30.6 Å². The molecule has 5 heteroatoms. The number of aromatic carboxylic acids is 1. The van der Waals surface area contributed by atoms with Crippen LogP contribution in [0.2, 0.25) is 0 Å². The summed E-state index contributed by atoms with van der Waals surface area (Å²) < 4.78 is 0. The van der Waals surface area contributed by atoms with E-state index in [9.17, 15) is 14.7 Å². The Labute approximate surface area is 123 Å². The molecule has 1 saturated carbocycles. The van der Waals surface area contributed by atoms with Crippen LogP contribution >= 0.6 is 11.3 Å². The molecule has 0 atom stereocenters. The number of carboxylic acids is 1. The van der Waals surface area contributed by atoms with E-state index in [0.29, 0.717) is 17.3 Å². The van der Waals surface area contributed by atoms with Crippen LogP contribution in [-0.2, 0) is 4.79 Å². The monoisotopic (exact) mass is 295 g/mol. The summed E-state index contributed by atoms with van der Waals surface area (Å²) in [5.41, 5.74) is 0.986. The molecule has 0 aliphatic heterocycles. The molecule has 1 aromatic rings. The van der Waals surface area contributed by atoms with Crippen LogP contribution in [0.1, 0.15) is 59.3 Å². The molecule has 0 spiro atoms. The Hall–Kier alpha value is -1.36. The van der Waals surface area contributed by atoms with Crippen LogP contribution in [0.3, 0.4) is 0 Å². The van der Waals surface area contributed by atoms with Gasteiger partial charge in [0.05, 0.1) is 5.56 Å². The fourth-order valence-electron chi connectivity index (χ4n) is 2.80. The van der Waals surface area contributed by atoms with Gasteiger partial charge in [0.1, 0.15) is 5.00 Å². The molecular weight excluding hydrogens is 274 g/mol. The number of hydrogen-bond donors (Lipinski definition) is 2. The summed E-state index contributed by atoms with van der Waals surface area (Å²) in [5.74, 6) is -0.570. The molecule has 1 aromatic heterocycles. The van der Waals surface area contributed by atoms with Gasteiger partial charge in [-0.05, 0) is 38.2 Å². The van der Waals surface area contributed by atoms with Crippen molar-refractivity contribution in [2.24, 2.45) is 5.92 Å². The zero-order chi connectivity index (χ0) is 14.7. The van der Waals surface area contributed by atoms with Gasteiger partial charge in [-0.1, -0.05) is 19.3 Å². The second-order valence-electron chi connectivity index (χ2n) is 5.55. The second-order valence-corrected chi connectivity index (χ2v) is 6.77. The standard InChI is InChI=1S/C15H21NO3S/c1-9-10(2)20-14(13(9)15(18)19)16-12(17)8-11-6-4-3-5-7-11/h11H,3-8H2,1-2H3,(H,16,17)(H,18,19). The highest BCUT2D eigenvalue weighted by atomic mass is 32.1. The van der Waals surface area contributed by atoms with Crippen molar-refractivity contribution in [1.82, 2.24) is 0 Å². The number of thiophene rings is 1. The van der Waals surface area contributed by atoms with E-state index in [1.807, 2.05) is 6.92 Å². The molecule has 0 radical (unpaired) electrons. The third-order valence-electron chi connectivity index (χ3n) is 4.05. The van der Waals surface area contributed by atoms with Crippen molar-refractivity contribution >= 4 is 28.2 Å². The van der Waals surface area contributed by atoms with Crippen molar-refractivity contribution in [3.8, 4) is 0 Å². The molecule has 1 heterocycles. The number of anilines is 1. The lowest BCUT2D eigenvalue weighted by molar-refractivity contribution is -0.117. The van der Waals surface area contributed by atoms with Crippen LogP contribution in [-0.4, -0.2) is 17.0 Å². The molecule has 0 saturated heterocycles. The maximum absolute atomic E-state index is 12.1. The minimum absolute atomic E-state index is 0.0550. The quantitative estimate of drug-likeness (QED) is 0.883. The zero-order valence-corrected chi connectivity index (χ0v) is 12.8. The van der Waals surface area contributed by atoms with Crippen molar-refractivity contribution in [2.75, 3.05) is 5.32 Å². The fraction of sp³-hybridized carbons (Fsp3) is 0.600. The molecule has 0 aromatic carbocycles. The fourth-order valence-corrected chi connectivity index (χ4v) is 3.87. The molecule has 4 nitrogen and oxygen atoms in total. The summed E-state index contributed by atoms with van der Waals surface area (Å²) in [7, 11) is 0. The van der Waals surface area contributed by atoms with Crippen LogP contribution in [0.15, 0.2) is 0 Å². The normalized spacial score (nSPS) is 16.1. The minimum atomic E-state index is -0.972. The van der Waals surface area contributed by atoms with E-state index in [2.05, 4.69) is 5.32 Å². The van der Waals surface area contributed by atoms with Gasteiger partial charge in [0, 0.05) is 11.3 Å². The third kappa shape index (κ3) is 3.39. The first kappa shape index (κ1) is 15.0. The van der Waals surface area contributed by atoms with Crippen LogP contribution in [0.4, 0.5) is 5.00 Å². The Balaban J connectivity index is 2.04. The lowest BCUT2D eigenvalue weighted by atomic mass is 9.87. The molecule has 2 rings (SSSR count). The van der Waals surface area contributed by atoms with Crippen LogP contribution < -0.4 is 5.32 Å². The molecule has 1 aliphatic rings. The summed E-state index contributed by atoms with van der Waals surface area (Å²) in [6.45, 7) is 3.66. The van der Waals surface area contributed by atoms with E-state index >= 15 is 0 Å². The number of amides is 1. The van der Waals surface area contributed by atoms with E-state index in [-0.39, 0.29) is 11.5 Å². The van der Waals surface area contributed by atoms with Gasteiger partial charge in [-0.2, -0.15) is 0 Å². The molecule has 0 unspecified atom stereocenters. The summed E-state index contributed by atoms with van der Waals surface area (Å²) >= 11 is 1.35. The number of aryl methyl sites for hydroxylation is 1. The first-order valence-electron chi connectivity index (χ1n) is 7.12. The topological polar surface area (TPSA) is 66.4 Å². The third-order valence-corrected chi connectivity index (χ3v) is 5.17. The smallest absolute Gasteiger partial charge is 0.338 e. The van der Waals surface area contributed by atoms with E-state index < -0.39 is 5.97 Å². The van der Waals surface area contributed by atoms with Crippen LogP contribution in [0.5, 0.6) is 0 Å². The Morgan fingerprint density at radius 2 is 1.90 bits per heavy atom. The van der Waals surface area contributed by atoms with Gasteiger partial charge in [-0.3, -0.25) is 4.79 Å². The van der Waals surface area contributed by atoms with Gasteiger partial charge in [0.15, 0.2) is 0 Å². The first-order chi connectivity index (χ1) is 9.49. The highest BCUT2D eigenvalue weighted by Crippen LogP contribution is 2.33. The van der Waals surface area contributed by atoms with Gasteiger partial charge < -0.3 is 10.4 Å². The van der Waals surface area contributed by atoms with E-state index in [1.54, 1.807) is 6.92 Å². The highest BCUT2D eigenvalue weighted by molar-refractivity contribution is 7.16. The maximum Gasteiger partial charge on any atom is 0.338 e. The summed E-state index contributed by atoms with van der Waals surface area (Å²) in [6, 6.07) is 0. The van der Waals surface area contributed by atoms with Crippen molar-refractivity contribution < 1.29 is 14.7 Å². The number of nitrogens with one attached hydrogen (secondary N) is 1. The average Bonchev–Trinajstić information content (AvgIpc) is 2.65. The molecule has 1 aliphatic carbocycles. The summed E-state index contributed by atoms with van der Waals surface area (Å²) in [6.07, 6.45) is 6.41. The summed E-state index contributed by atoms with van der Waals surface area (Å²) in [4.78, 5) is 24.3. The molecule has 20 heavy (non-hydrogen) atoms. The Morgan fingerprint density at radius 1 is 1.25 bits per heavy atom. The van der Waals surface area contributed by atoms with Gasteiger partial charge in [0.25, 0.3) is 0 Å². The second kappa shape index (κ2) is 6.39. The van der Waals surface area contributed by atoms with Gasteiger partial charge in [0.2, 0.25) is 5.91 Å². The Kier molecular flexibility index (Phi) is 4.81. The Bertz CT molecular complexity index is 515. The average molecular weight is 295 g/mol. The number of hydrogen-bond acceptors (Lipinski definition) is 3. The number of rotatable bonds is 4. The van der Waals surface area contributed by atoms with E-state index in [4.69, 9.17) is 0 Å². The predicted molar refractivity (Wildman–Crippen MR) is 80.6 cm³/mol. The Morgan fingerprint density at radius 3 is 2.50 bits per heavy atom. The SMILES string of the molecule is Cc1sc(NC(=O)CC2CCCCC2)c(C(=O)O)c1C. The minimum Gasteiger partial charge on any atom is -0.478 e. The van der Waals surface area contributed by atoms with Gasteiger partial charge in [-0.15, -0.1) is 11.3 Å². The van der Waals surface area contributed by atoms with Crippen LogP contribution in [0.25, 0.3) is 0 Å². The number of carbonyl (C=O) groups is 2. The molecular formula is C15H21NO3S. The largest absolute Gasteiger partial charge is 0.478 e. The van der Waals surface area contributed by atoms with Gasteiger partial charge in [-0.25, -0.2) is 4.79 Å². The molecule has 1 fully saturated rings. The molecule has 2 N–H and O–H groups in total. The molecule has 0 bridgehead atoms. The maximum atomic E-state index is 12.1. The number of carbonyl (C=O) groups excluding carboxylic acids is 1.